The van der Waals surface area contributed by atoms with Gasteiger partial charge in [-0.05, 0) is 44.9 Å². The Bertz CT molecular complexity index is 600. The summed E-state index contributed by atoms with van der Waals surface area (Å²) in [6.07, 6.45) is 10.4. The first-order valence-electron chi connectivity index (χ1n) is 11.6. The normalized spacial score (nSPS) is 34.8. The number of likely N-dealkylation sites (tertiary alicyclic amines) is 3. The minimum Gasteiger partial charge on any atom is -0.333 e. The van der Waals surface area contributed by atoms with E-state index in [1.54, 1.807) is 0 Å². The molecule has 28 heavy (non-hydrogen) atoms. The molecule has 156 valence electrons. The molecule has 0 radical (unpaired) electrons. The standard InChI is InChI=1S/C21H35N5O2/c27-20-22-18-5-1-2-6-19(18)26(20)16-7-12-23(13-8-16)17-9-14-25(15-17)21(28)24-10-3-4-11-24/h16-19H,1-15H2,(H,22,27)/t17?,18-,19-/m1/s1. The monoisotopic (exact) mass is 389 g/mol. The molecular weight excluding hydrogens is 354 g/mol. The molecule has 3 atom stereocenters. The number of piperidine rings is 1. The first-order chi connectivity index (χ1) is 13.7. The molecule has 7 nitrogen and oxygen atoms in total. The van der Waals surface area contributed by atoms with Crippen LogP contribution in [0.4, 0.5) is 9.59 Å². The smallest absolute Gasteiger partial charge is 0.320 e. The molecule has 0 aromatic rings. The minimum atomic E-state index is 0.179. The lowest BCUT2D eigenvalue weighted by molar-refractivity contribution is 0.0829. The van der Waals surface area contributed by atoms with Crippen molar-refractivity contribution in [3.63, 3.8) is 0 Å². The first-order valence-corrected chi connectivity index (χ1v) is 11.6. The Balaban J connectivity index is 1.13. The maximum atomic E-state index is 12.7. The predicted octanol–water partition coefficient (Wildman–Crippen LogP) is 2.08. The maximum Gasteiger partial charge on any atom is 0.320 e. The van der Waals surface area contributed by atoms with Gasteiger partial charge in [-0.1, -0.05) is 12.8 Å². The third kappa shape index (κ3) is 3.36. The molecule has 4 heterocycles. The van der Waals surface area contributed by atoms with E-state index in [-0.39, 0.29) is 12.1 Å². The number of nitrogens with zero attached hydrogens (tertiary/aromatic N) is 4. The van der Waals surface area contributed by atoms with Crippen molar-refractivity contribution in [2.45, 2.75) is 82.0 Å². The van der Waals surface area contributed by atoms with Gasteiger partial charge in [0.05, 0.1) is 12.1 Å². The van der Waals surface area contributed by atoms with Crippen LogP contribution in [0.5, 0.6) is 0 Å². The molecule has 1 unspecified atom stereocenters. The highest BCUT2D eigenvalue weighted by Gasteiger charge is 2.45. The molecule has 5 rings (SSSR count). The average Bonchev–Trinajstić information content (AvgIpc) is 3.47. The average molecular weight is 390 g/mol. The van der Waals surface area contributed by atoms with Crippen LogP contribution in [0.25, 0.3) is 0 Å². The quantitative estimate of drug-likeness (QED) is 0.787. The highest BCUT2D eigenvalue weighted by molar-refractivity contribution is 5.78. The summed E-state index contributed by atoms with van der Waals surface area (Å²) in [6, 6.07) is 2.15. The predicted molar refractivity (Wildman–Crippen MR) is 107 cm³/mol. The van der Waals surface area contributed by atoms with Crippen LogP contribution in [-0.2, 0) is 0 Å². The summed E-state index contributed by atoms with van der Waals surface area (Å²) in [7, 11) is 0. The summed E-state index contributed by atoms with van der Waals surface area (Å²) >= 11 is 0. The molecule has 0 spiro atoms. The fraction of sp³-hybridized carbons (Fsp3) is 0.905. The van der Waals surface area contributed by atoms with Crippen LogP contribution >= 0.6 is 0 Å². The van der Waals surface area contributed by atoms with E-state index in [2.05, 4.69) is 20.0 Å². The summed E-state index contributed by atoms with van der Waals surface area (Å²) in [5, 5.41) is 3.24. The van der Waals surface area contributed by atoms with Crippen LogP contribution < -0.4 is 5.32 Å². The van der Waals surface area contributed by atoms with E-state index in [1.807, 2.05) is 4.90 Å². The Morgan fingerprint density at radius 2 is 1.50 bits per heavy atom. The van der Waals surface area contributed by atoms with Crippen molar-refractivity contribution in [1.29, 1.82) is 0 Å². The SMILES string of the molecule is O=C(N1CCCC1)N1CCC(N2CCC(N3C(=O)N[C@@H]4CCCC[C@H]43)CC2)C1. The van der Waals surface area contributed by atoms with Crippen LogP contribution in [0.1, 0.15) is 57.8 Å². The second-order valence-electron chi connectivity index (χ2n) is 9.45. The van der Waals surface area contributed by atoms with Gasteiger partial charge in [-0.25, -0.2) is 9.59 Å². The molecule has 1 saturated carbocycles. The zero-order valence-electron chi connectivity index (χ0n) is 17.0. The fourth-order valence-corrected chi connectivity index (χ4v) is 6.28. The Morgan fingerprint density at radius 3 is 2.29 bits per heavy atom. The van der Waals surface area contributed by atoms with E-state index in [9.17, 15) is 9.59 Å². The van der Waals surface area contributed by atoms with Gasteiger partial charge in [-0.3, -0.25) is 4.90 Å². The van der Waals surface area contributed by atoms with Crippen molar-refractivity contribution in [2.75, 3.05) is 39.3 Å². The van der Waals surface area contributed by atoms with Crippen LogP contribution in [0.3, 0.4) is 0 Å². The number of amides is 4. The first kappa shape index (κ1) is 18.5. The maximum absolute atomic E-state index is 12.7. The Morgan fingerprint density at radius 1 is 0.786 bits per heavy atom. The minimum absolute atomic E-state index is 0.179. The molecule has 5 fully saturated rings. The summed E-state index contributed by atoms with van der Waals surface area (Å²) in [4.78, 5) is 34.1. The molecular formula is C21H35N5O2. The van der Waals surface area contributed by atoms with Gasteiger partial charge in [-0.15, -0.1) is 0 Å². The second kappa shape index (κ2) is 7.73. The molecule has 4 amide bonds. The lowest BCUT2D eigenvalue weighted by Crippen LogP contribution is -2.52. The summed E-state index contributed by atoms with van der Waals surface area (Å²) < 4.78 is 0. The third-order valence-electron chi connectivity index (χ3n) is 7.85. The number of urea groups is 2. The van der Waals surface area contributed by atoms with Crippen molar-refractivity contribution >= 4 is 12.1 Å². The molecule has 1 aliphatic carbocycles. The highest BCUT2D eigenvalue weighted by Crippen LogP contribution is 2.33. The van der Waals surface area contributed by atoms with Crippen molar-refractivity contribution in [2.24, 2.45) is 0 Å². The topological polar surface area (TPSA) is 59.1 Å². The highest BCUT2D eigenvalue weighted by atomic mass is 16.2. The molecule has 4 aliphatic heterocycles. The van der Waals surface area contributed by atoms with Gasteiger partial charge in [0.15, 0.2) is 0 Å². The van der Waals surface area contributed by atoms with E-state index in [1.165, 1.54) is 19.3 Å². The summed E-state index contributed by atoms with van der Waals surface area (Å²) in [5.41, 5.74) is 0. The molecule has 0 bridgehead atoms. The van der Waals surface area contributed by atoms with Crippen LogP contribution in [0.2, 0.25) is 0 Å². The lowest BCUT2D eigenvalue weighted by atomic mass is 9.89. The van der Waals surface area contributed by atoms with Crippen molar-refractivity contribution in [3.05, 3.63) is 0 Å². The van der Waals surface area contributed by atoms with E-state index in [0.717, 1.165) is 77.8 Å². The zero-order valence-corrected chi connectivity index (χ0v) is 17.0. The number of rotatable bonds is 2. The van der Waals surface area contributed by atoms with Crippen molar-refractivity contribution < 1.29 is 9.59 Å². The van der Waals surface area contributed by atoms with Crippen LogP contribution in [0, 0.1) is 0 Å². The van der Waals surface area contributed by atoms with Gasteiger partial charge >= 0.3 is 12.1 Å². The van der Waals surface area contributed by atoms with E-state index < -0.39 is 0 Å². The fourth-order valence-electron chi connectivity index (χ4n) is 6.28. The Labute approximate surface area is 168 Å². The third-order valence-corrected chi connectivity index (χ3v) is 7.85. The lowest BCUT2D eigenvalue weighted by Gasteiger charge is -2.42. The van der Waals surface area contributed by atoms with Crippen LogP contribution in [0.15, 0.2) is 0 Å². The number of carbonyl (C=O) groups excluding carboxylic acids is 2. The van der Waals surface area contributed by atoms with E-state index in [0.29, 0.717) is 24.2 Å². The Hall–Kier alpha value is -1.50. The molecule has 1 N–H and O–H groups in total. The van der Waals surface area contributed by atoms with Crippen LogP contribution in [-0.4, -0.2) is 95.1 Å². The second-order valence-corrected chi connectivity index (χ2v) is 9.45. The molecule has 0 aromatic carbocycles. The van der Waals surface area contributed by atoms with Gasteiger partial charge < -0.3 is 20.0 Å². The van der Waals surface area contributed by atoms with Crippen molar-refractivity contribution in [3.8, 4) is 0 Å². The zero-order chi connectivity index (χ0) is 19.1. The molecule has 0 aromatic heterocycles. The molecule has 7 heteroatoms. The van der Waals surface area contributed by atoms with Crippen molar-refractivity contribution in [1.82, 2.24) is 24.9 Å². The summed E-state index contributed by atoms with van der Waals surface area (Å²) in [5.74, 6) is 0. The molecule has 5 aliphatic rings. The summed E-state index contributed by atoms with van der Waals surface area (Å²) in [6.45, 7) is 5.77. The number of fused-ring (bicyclic) bond motifs is 1. The largest absolute Gasteiger partial charge is 0.333 e. The Kier molecular flexibility index (Phi) is 5.11. The van der Waals surface area contributed by atoms with E-state index >= 15 is 0 Å². The van der Waals surface area contributed by atoms with Gasteiger partial charge in [0.1, 0.15) is 0 Å². The number of nitrogens with one attached hydrogen (secondary N) is 1. The number of hydrogen-bond donors (Lipinski definition) is 1. The van der Waals surface area contributed by atoms with Gasteiger partial charge in [-0.2, -0.15) is 0 Å². The number of carbonyl (C=O) groups is 2. The van der Waals surface area contributed by atoms with Gasteiger partial charge in [0.25, 0.3) is 0 Å². The number of hydrogen-bond acceptors (Lipinski definition) is 3. The van der Waals surface area contributed by atoms with Gasteiger partial charge in [0.2, 0.25) is 0 Å². The van der Waals surface area contributed by atoms with E-state index in [4.69, 9.17) is 0 Å². The van der Waals surface area contributed by atoms with Gasteiger partial charge in [0, 0.05) is 51.4 Å². The molecule has 4 saturated heterocycles.